The van der Waals surface area contributed by atoms with Gasteiger partial charge in [-0.25, -0.2) is 0 Å². The predicted molar refractivity (Wildman–Crippen MR) is 63.1 cm³/mol. The second kappa shape index (κ2) is 10.5. The van der Waals surface area contributed by atoms with Gasteiger partial charge in [0.1, 0.15) is 0 Å². The Morgan fingerprint density at radius 3 is 2.65 bits per heavy atom. The van der Waals surface area contributed by atoms with Gasteiger partial charge in [-0.15, -0.1) is 0 Å². The molecule has 0 bridgehead atoms. The van der Waals surface area contributed by atoms with Crippen LogP contribution in [-0.2, 0) is 14.3 Å². The number of carbonyl (C=O) groups is 1. The summed E-state index contributed by atoms with van der Waals surface area (Å²) in [5, 5.41) is 18.2. The Labute approximate surface area is 102 Å². The normalized spacial score (nSPS) is 12.9. The van der Waals surface area contributed by atoms with Gasteiger partial charge in [0.05, 0.1) is 32.3 Å². The van der Waals surface area contributed by atoms with E-state index in [0.29, 0.717) is 32.8 Å². The van der Waals surface area contributed by atoms with Crippen LogP contribution in [0.2, 0.25) is 0 Å². The van der Waals surface area contributed by atoms with Crippen LogP contribution in [0.5, 0.6) is 0 Å². The largest absolute Gasteiger partial charge is 0.481 e. The lowest BCUT2D eigenvalue weighted by Crippen LogP contribution is -2.36. The van der Waals surface area contributed by atoms with E-state index in [-0.39, 0.29) is 13.0 Å². The van der Waals surface area contributed by atoms with Crippen LogP contribution in [0.15, 0.2) is 0 Å². The topological polar surface area (TPSA) is 79.2 Å². The summed E-state index contributed by atoms with van der Waals surface area (Å²) in [5.41, 5.74) is 0. The third kappa shape index (κ3) is 10.2. The molecule has 2 N–H and O–H groups in total. The van der Waals surface area contributed by atoms with Gasteiger partial charge < -0.3 is 24.6 Å². The van der Waals surface area contributed by atoms with Crippen LogP contribution in [0, 0.1) is 0 Å². The number of ether oxygens (including phenoxy) is 2. The lowest BCUT2D eigenvalue weighted by molar-refractivity contribution is -0.137. The standard InChI is InChI=1S/C11H23NO5/c1-3-12(5-4-11(14)15)8-10(13)9-17-7-6-16-2/h10,13H,3-9H2,1-2H3,(H,14,15). The molecule has 6 nitrogen and oxygen atoms in total. The van der Waals surface area contributed by atoms with E-state index >= 15 is 0 Å². The Hall–Kier alpha value is -0.690. The molecular weight excluding hydrogens is 226 g/mol. The number of aliphatic hydroxyl groups excluding tert-OH is 1. The third-order valence-corrected chi connectivity index (χ3v) is 2.30. The molecular formula is C11H23NO5. The first-order valence-corrected chi connectivity index (χ1v) is 5.79. The first kappa shape index (κ1) is 16.3. The number of likely N-dealkylation sites (N-methyl/N-ethyl adjacent to an activating group) is 1. The molecule has 0 heterocycles. The molecule has 0 spiro atoms. The van der Waals surface area contributed by atoms with Crippen LogP contribution in [0.4, 0.5) is 0 Å². The van der Waals surface area contributed by atoms with Gasteiger partial charge in [0, 0.05) is 20.2 Å². The average Bonchev–Trinajstić information content (AvgIpc) is 2.30. The van der Waals surface area contributed by atoms with Crippen LogP contribution in [0.1, 0.15) is 13.3 Å². The average molecular weight is 249 g/mol. The fourth-order valence-electron chi connectivity index (χ4n) is 1.34. The molecule has 0 rings (SSSR count). The molecule has 0 amide bonds. The summed E-state index contributed by atoms with van der Waals surface area (Å²) < 4.78 is 10.00. The third-order valence-electron chi connectivity index (χ3n) is 2.30. The number of aliphatic hydroxyl groups is 1. The molecule has 102 valence electrons. The van der Waals surface area contributed by atoms with E-state index in [9.17, 15) is 9.90 Å². The number of hydrogen-bond donors (Lipinski definition) is 2. The van der Waals surface area contributed by atoms with E-state index in [1.165, 1.54) is 0 Å². The molecule has 0 radical (unpaired) electrons. The van der Waals surface area contributed by atoms with Crippen LogP contribution < -0.4 is 0 Å². The van der Waals surface area contributed by atoms with Crippen molar-refractivity contribution >= 4 is 5.97 Å². The quantitative estimate of drug-likeness (QED) is 0.494. The van der Waals surface area contributed by atoms with Crippen molar-refractivity contribution in [1.82, 2.24) is 4.90 Å². The molecule has 17 heavy (non-hydrogen) atoms. The van der Waals surface area contributed by atoms with Gasteiger partial charge in [0.2, 0.25) is 0 Å². The summed E-state index contributed by atoms with van der Waals surface area (Å²) in [6.07, 6.45) is -0.508. The van der Waals surface area contributed by atoms with Crippen molar-refractivity contribution in [2.45, 2.75) is 19.4 Å². The summed E-state index contributed by atoms with van der Waals surface area (Å²) in [6.45, 7) is 4.71. The van der Waals surface area contributed by atoms with Gasteiger partial charge in [0.15, 0.2) is 0 Å². The predicted octanol–water partition coefficient (Wildman–Crippen LogP) is -0.193. The summed E-state index contributed by atoms with van der Waals surface area (Å²) in [5.74, 6) is -0.825. The first-order chi connectivity index (χ1) is 8.10. The Bertz CT molecular complexity index is 200. The summed E-state index contributed by atoms with van der Waals surface area (Å²) in [4.78, 5) is 12.3. The van der Waals surface area contributed by atoms with Gasteiger partial charge in [-0.1, -0.05) is 6.92 Å². The number of hydrogen-bond acceptors (Lipinski definition) is 5. The van der Waals surface area contributed by atoms with Crippen molar-refractivity contribution in [2.75, 3.05) is 46.6 Å². The fourth-order valence-corrected chi connectivity index (χ4v) is 1.34. The molecule has 0 fully saturated rings. The van der Waals surface area contributed by atoms with Gasteiger partial charge >= 0.3 is 5.97 Å². The van der Waals surface area contributed by atoms with E-state index in [1.807, 2.05) is 11.8 Å². The zero-order chi connectivity index (χ0) is 13.1. The number of carboxylic acid groups (broad SMARTS) is 1. The van der Waals surface area contributed by atoms with Gasteiger partial charge in [-0.05, 0) is 6.54 Å². The van der Waals surface area contributed by atoms with Crippen LogP contribution >= 0.6 is 0 Å². The maximum Gasteiger partial charge on any atom is 0.304 e. The van der Waals surface area contributed by atoms with Crippen molar-refractivity contribution in [2.24, 2.45) is 0 Å². The number of aliphatic carboxylic acids is 1. The van der Waals surface area contributed by atoms with Gasteiger partial charge in [-0.2, -0.15) is 0 Å². The molecule has 0 aliphatic heterocycles. The van der Waals surface area contributed by atoms with Crippen molar-refractivity contribution in [3.8, 4) is 0 Å². The molecule has 0 saturated carbocycles. The molecule has 0 aromatic heterocycles. The van der Waals surface area contributed by atoms with Crippen molar-refractivity contribution in [1.29, 1.82) is 0 Å². The van der Waals surface area contributed by atoms with Gasteiger partial charge in [-0.3, -0.25) is 4.79 Å². The van der Waals surface area contributed by atoms with E-state index in [2.05, 4.69) is 0 Å². The van der Waals surface area contributed by atoms with Crippen molar-refractivity contribution < 1.29 is 24.5 Å². The molecule has 0 saturated heterocycles. The number of nitrogens with zero attached hydrogens (tertiary/aromatic N) is 1. The van der Waals surface area contributed by atoms with E-state index in [1.54, 1.807) is 7.11 Å². The Kier molecular flexibility index (Phi) is 10.0. The highest BCUT2D eigenvalue weighted by Gasteiger charge is 2.11. The second-order valence-corrected chi connectivity index (χ2v) is 3.76. The first-order valence-electron chi connectivity index (χ1n) is 5.79. The number of methoxy groups -OCH3 is 1. The molecule has 0 aromatic carbocycles. The molecule has 0 aliphatic rings. The van der Waals surface area contributed by atoms with Crippen LogP contribution in [0.25, 0.3) is 0 Å². The highest BCUT2D eigenvalue weighted by atomic mass is 16.5. The molecule has 0 aliphatic carbocycles. The minimum atomic E-state index is -0.825. The monoisotopic (exact) mass is 249 g/mol. The minimum absolute atomic E-state index is 0.0884. The Morgan fingerprint density at radius 1 is 1.41 bits per heavy atom. The number of rotatable bonds is 11. The molecule has 6 heteroatoms. The lowest BCUT2D eigenvalue weighted by Gasteiger charge is -2.22. The van der Waals surface area contributed by atoms with Gasteiger partial charge in [0.25, 0.3) is 0 Å². The van der Waals surface area contributed by atoms with E-state index < -0.39 is 12.1 Å². The summed E-state index contributed by atoms with van der Waals surface area (Å²) in [7, 11) is 1.59. The van der Waals surface area contributed by atoms with Crippen LogP contribution in [-0.4, -0.2) is 73.8 Å². The zero-order valence-corrected chi connectivity index (χ0v) is 10.6. The van der Waals surface area contributed by atoms with E-state index in [0.717, 1.165) is 0 Å². The second-order valence-electron chi connectivity index (χ2n) is 3.76. The SMILES string of the molecule is CCN(CCC(=O)O)CC(O)COCCOC. The minimum Gasteiger partial charge on any atom is -0.481 e. The molecule has 0 aromatic rings. The van der Waals surface area contributed by atoms with Crippen LogP contribution in [0.3, 0.4) is 0 Å². The highest BCUT2D eigenvalue weighted by molar-refractivity contribution is 5.66. The molecule has 1 unspecified atom stereocenters. The Balaban J connectivity index is 3.66. The maximum absolute atomic E-state index is 10.4. The zero-order valence-electron chi connectivity index (χ0n) is 10.6. The number of carboxylic acids is 1. The maximum atomic E-state index is 10.4. The molecule has 1 atom stereocenters. The van der Waals surface area contributed by atoms with Crippen molar-refractivity contribution in [3.63, 3.8) is 0 Å². The Morgan fingerprint density at radius 2 is 2.12 bits per heavy atom. The summed E-state index contributed by atoms with van der Waals surface area (Å²) in [6, 6.07) is 0. The lowest BCUT2D eigenvalue weighted by atomic mass is 10.3. The highest BCUT2D eigenvalue weighted by Crippen LogP contribution is 1.96. The fraction of sp³-hybridized carbons (Fsp3) is 0.909. The van der Waals surface area contributed by atoms with Crippen molar-refractivity contribution in [3.05, 3.63) is 0 Å². The summed E-state index contributed by atoms with van der Waals surface area (Å²) >= 11 is 0. The smallest absolute Gasteiger partial charge is 0.304 e. The van der Waals surface area contributed by atoms with E-state index in [4.69, 9.17) is 14.6 Å².